The Morgan fingerprint density at radius 1 is 1.21 bits per heavy atom. The fraction of sp³-hybridized carbons (Fsp3) is 1.00. The predicted octanol–water partition coefficient (Wildman–Crippen LogP) is -2.55. The third kappa shape index (κ3) is 4.96. The van der Waals surface area contributed by atoms with Gasteiger partial charge in [0.15, 0.2) is 0 Å². The minimum atomic E-state index is -2.33. The number of rotatable bonds is 8. The Labute approximate surface area is 84.2 Å². The van der Waals surface area contributed by atoms with Crippen LogP contribution in [0.25, 0.3) is 0 Å². The fourth-order valence-corrected chi connectivity index (χ4v) is 0.973. The molecule has 0 aliphatic heterocycles. The molecular weight excluding hydrogens is 214 g/mol. The molecule has 0 aromatic heterocycles. The maximum absolute atomic E-state index is 10.0. The topological polar surface area (TPSA) is 119 Å². The lowest BCUT2D eigenvalue weighted by Gasteiger charge is -2.28. The van der Waals surface area contributed by atoms with Gasteiger partial charge in [0.25, 0.3) is 0 Å². The number of aliphatic hydroxyl groups is 3. The summed E-state index contributed by atoms with van der Waals surface area (Å²) in [5, 5.41) is 29.2. The van der Waals surface area contributed by atoms with Crippen LogP contribution < -0.4 is 5.32 Å². The summed E-state index contributed by atoms with van der Waals surface area (Å²) < 4.78 is 22.6. The number of hydrogen-bond donors (Lipinski definition) is 5. The standard InChI is InChI=1S/C6H15NO6S/c8-3-6(4-9,5-10)7-1-2-13-14(11)12/h7-10H,1-5H2,(H,11,12). The smallest absolute Gasteiger partial charge is 0.301 e. The van der Waals surface area contributed by atoms with Crippen molar-refractivity contribution >= 4 is 11.4 Å². The van der Waals surface area contributed by atoms with E-state index in [9.17, 15) is 4.21 Å². The molecule has 0 aliphatic rings. The highest BCUT2D eigenvalue weighted by atomic mass is 32.2. The van der Waals surface area contributed by atoms with E-state index in [-0.39, 0.29) is 13.2 Å². The molecule has 0 bridgehead atoms. The largest absolute Gasteiger partial charge is 0.394 e. The van der Waals surface area contributed by atoms with Gasteiger partial charge in [-0.25, -0.2) is 0 Å². The molecular formula is C6H15NO6S. The van der Waals surface area contributed by atoms with Crippen LogP contribution in [0.2, 0.25) is 0 Å². The van der Waals surface area contributed by atoms with Crippen LogP contribution in [-0.4, -0.2) is 62.6 Å². The third-order valence-electron chi connectivity index (χ3n) is 1.69. The molecule has 1 unspecified atom stereocenters. The average molecular weight is 229 g/mol. The first kappa shape index (κ1) is 13.9. The van der Waals surface area contributed by atoms with Gasteiger partial charge in [-0.05, 0) is 0 Å². The van der Waals surface area contributed by atoms with E-state index in [1.807, 2.05) is 0 Å². The van der Waals surface area contributed by atoms with E-state index in [0.29, 0.717) is 0 Å². The monoisotopic (exact) mass is 229 g/mol. The van der Waals surface area contributed by atoms with Gasteiger partial charge in [0, 0.05) is 6.54 Å². The van der Waals surface area contributed by atoms with Gasteiger partial charge >= 0.3 is 11.4 Å². The van der Waals surface area contributed by atoms with Crippen LogP contribution in [0.15, 0.2) is 0 Å². The normalized spacial score (nSPS) is 14.3. The highest BCUT2D eigenvalue weighted by Crippen LogP contribution is 2.00. The molecule has 1 atom stereocenters. The molecule has 8 heteroatoms. The van der Waals surface area contributed by atoms with Crippen LogP contribution in [0.3, 0.4) is 0 Å². The Balaban J connectivity index is 3.77. The van der Waals surface area contributed by atoms with Crippen LogP contribution >= 0.6 is 0 Å². The zero-order valence-corrected chi connectivity index (χ0v) is 8.37. The zero-order chi connectivity index (χ0) is 11.0. The maximum Gasteiger partial charge on any atom is 0.301 e. The molecule has 0 aromatic rings. The van der Waals surface area contributed by atoms with E-state index >= 15 is 0 Å². The molecule has 0 radical (unpaired) electrons. The molecule has 0 rings (SSSR count). The van der Waals surface area contributed by atoms with Crippen molar-refractivity contribution in [3.63, 3.8) is 0 Å². The molecule has 0 aromatic carbocycles. The Kier molecular flexibility index (Phi) is 7.19. The summed E-state index contributed by atoms with van der Waals surface area (Å²) in [6.07, 6.45) is 0. The van der Waals surface area contributed by atoms with Crippen LogP contribution in [0.5, 0.6) is 0 Å². The molecule has 86 valence electrons. The van der Waals surface area contributed by atoms with E-state index in [4.69, 9.17) is 19.9 Å². The number of aliphatic hydroxyl groups excluding tert-OH is 3. The fourth-order valence-electron chi connectivity index (χ4n) is 0.747. The van der Waals surface area contributed by atoms with Crippen molar-refractivity contribution in [2.45, 2.75) is 5.54 Å². The van der Waals surface area contributed by atoms with Crippen molar-refractivity contribution < 1.29 is 28.3 Å². The SMILES string of the molecule is O=S(O)OCCNC(CO)(CO)CO. The lowest BCUT2D eigenvalue weighted by atomic mass is 10.0. The Hall–Kier alpha value is -0.0900. The van der Waals surface area contributed by atoms with Crippen LogP contribution in [-0.2, 0) is 15.5 Å². The zero-order valence-electron chi connectivity index (χ0n) is 7.55. The second-order valence-electron chi connectivity index (χ2n) is 2.72. The average Bonchev–Trinajstić information content (AvgIpc) is 2.19. The molecule has 0 spiro atoms. The van der Waals surface area contributed by atoms with Crippen molar-refractivity contribution in [1.29, 1.82) is 0 Å². The van der Waals surface area contributed by atoms with Gasteiger partial charge in [-0.3, -0.25) is 8.74 Å². The molecule has 0 heterocycles. The second-order valence-corrected chi connectivity index (χ2v) is 3.39. The van der Waals surface area contributed by atoms with E-state index in [0.717, 1.165) is 0 Å². The van der Waals surface area contributed by atoms with Gasteiger partial charge < -0.3 is 20.6 Å². The summed E-state index contributed by atoms with van der Waals surface area (Å²) in [5.41, 5.74) is -1.18. The van der Waals surface area contributed by atoms with Gasteiger partial charge in [0.1, 0.15) is 0 Å². The summed E-state index contributed by atoms with van der Waals surface area (Å²) in [6, 6.07) is 0. The minimum absolute atomic E-state index is 0.0646. The quantitative estimate of drug-likeness (QED) is 0.229. The molecule has 0 saturated carbocycles. The number of nitrogens with one attached hydrogen (secondary N) is 1. The first-order chi connectivity index (χ1) is 6.60. The summed E-state index contributed by atoms with van der Waals surface area (Å²) in [4.78, 5) is 0. The van der Waals surface area contributed by atoms with E-state index in [1.54, 1.807) is 0 Å². The lowest BCUT2D eigenvalue weighted by Crippen LogP contribution is -2.55. The minimum Gasteiger partial charge on any atom is -0.394 e. The van der Waals surface area contributed by atoms with Crippen molar-refractivity contribution in [3.05, 3.63) is 0 Å². The summed E-state index contributed by atoms with van der Waals surface area (Å²) in [6.45, 7) is -1.26. The van der Waals surface area contributed by atoms with E-state index in [1.165, 1.54) is 0 Å². The molecule has 0 aliphatic carbocycles. The van der Waals surface area contributed by atoms with Gasteiger partial charge in [-0.15, -0.1) is 0 Å². The Bertz CT molecular complexity index is 165. The third-order valence-corrected chi connectivity index (χ3v) is 2.06. The van der Waals surface area contributed by atoms with Crippen LogP contribution in [0, 0.1) is 0 Å². The van der Waals surface area contributed by atoms with Gasteiger partial charge in [0.05, 0.1) is 32.0 Å². The summed E-state index contributed by atoms with van der Waals surface area (Å²) >= 11 is -2.33. The lowest BCUT2D eigenvalue weighted by molar-refractivity contribution is 0.0406. The van der Waals surface area contributed by atoms with Crippen molar-refractivity contribution in [1.82, 2.24) is 5.32 Å². The molecule has 7 nitrogen and oxygen atoms in total. The maximum atomic E-state index is 10.0. The predicted molar refractivity (Wildman–Crippen MR) is 48.7 cm³/mol. The molecule has 14 heavy (non-hydrogen) atoms. The van der Waals surface area contributed by atoms with Gasteiger partial charge in [0.2, 0.25) is 0 Å². The number of hydrogen-bond acceptors (Lipinski definition) is 6. The van der Waals surface area contributed by atoms with Gasteiger partial charge in [-0.2, -0.15) is 4.21 Å². The molecule has 0 amide bonds. The van der Waals surface area contributed by atoms with Crippen LogP contribution in [0.1, 0.15) is 0 Å². The molecule has 0 fully saturated rings. The Morgan fingerprint density at radius 2 is 1.71 bits per heavy atom. The summed E-state index contributed by atoms with van der Waals surface area (Å²) in [7, 11) is 0. The highest BCUT2D eigenvalue weighted by Gasteiger charge is 2.26. The van der Waals surface area contributed by atoms with Gasteiger partial charge in [-0.1, -0.05) is 0 Å². The van der Waals surface area contributed by atoms with Crippen LogP contribution in [0.4, 0.5) is 0 Å². The first-order valence-corrected chi connectivity index (χ1v) is 4.95. The first-order valence-electron chi connectivity index (χ1n) is 3.92. The highest BCUT2D eigenvalue weighted by molar-refractivity contribution is 7.74. The summed E-state index contributed by atoms with van der Waals surface area (Å²) in [5.74, 6) is 0. The molecule has 0 saturated heterocycles. The van der Waals surface area contributed by atoms with Crippen molar-refractivity contribution in [2.24, 2.45) is 0 Å². The second kappa shape index (κ2) is 7.23. The van der Waals surface area contributed by atoms with Crippen molar-refractivity contribution in [2.75, 3.05) is 33.0 Å². The molecule has 5 N–H and O–H groups in total. The van der Waals surface area contributed by atoms with Crippen molar-refractivity contribution in [3.8, 4) is 0 Å². The van der Waals surface area contributed by atoms with E-state index in [2.05, 4.69) is 9.50 Å². The Morgan fingerprint density at radius 3 is 2.07 bits per heavy atom. The van der Waals surface area contributed by atoms with E-state index < -0.39 is 36.7 Å².